The number of unbranched alkanes of at least 4 members (excludes halogenated alkanes) is 14. The fourth-order valence-corrected chi connectivity index (χ4v) is 4.68. The van der Waals surface area contributed by atoms with Gasteiger partial charge in [0, 0.05) is 19.3 Å². The van der Waals surface area contributed by atoms with E-state index < -0.39 is 18.1 Å². The van der Waals surface area contributed by atoms with Gasteiger partial charge in [-0.3, -0.25) is 9.59 Å². The minimum absolute atomic E-state index is 0.0461. The Hall–Kier alpha value is -1.67. The first-order valence-electron chi connectivity index (χ1n) is 16.1. The van der Waals surface area contributed by atoms with E-state index in [0.29, 0.717) is 19.3 Å². The summed E-state index contributed by atoms with van der Waals surface area (Å²) >= 11 is 0. The molecule has 0 saturated heterocycles. The van der Waals surface area contributed by atoms with E-state index in [1.165, 1.54) is 57.8 Å². The van der Waals surface area contributed by atoms with Gasteiger partial charge in [-0.05, 0) is 12.8 Å². The van der Waals surface area contributed by atoms with E-state index in [1.54, 1.807) is 0 Å². The Labute approximate surface area is 245 Å². The summed E-state index contributed by atoms with van der Waals surface area (Å²) < 4.78 is 17.0. The van der Waals surface area contributed by atoms with Gasteiger partial charge in [0.15, 0.2) is 12.1 Å². The van der Waals surface area contributed by atoms with Crippen LogP contribution in [0.4, 0.5) is 0 Å². The molecule has 0 fully saturated rings. The number of rotatable bonds is 28. The highest BCUT2D eigenvalue weighted by atomic mass is 16.6. The largest absolute Gasteiger partial charge is 0.477 e. The molecule has 0 spiro atoms. The van der Waals surface area contributed by atoms with Crippen LogP contribution in [0.5, 0.6) is 0 Å². The van der Waals surface area contributed by atoms with E-state index in [0.717, 1.165) is 44.9 Å². The van der Waals surface area contributed by atoms with E-state index in [-0.39, 0.29) is 36.2 Å². The third-order valence-electron chi connectivity index (χ3n) is 7.26. The number of esters is 2. The monoisotopic (exact) mass is 572 g/mol. The fraction of sp³-hybridized carbons (Fsp3) is 0.906. The topological polar surface area (TPSA) is 99.1 Å². The first kappa shape index (κ1) is 38.3. The Bertz CT molecular complexity index is 648. The van der Waals surface area contributed by atoms with E-state index >= 15 is 0 Å². The van der Waals surface area contributed by atoms with Crippen molar-refractivity contribution in [1.29, 1.82) is 0 Å². The molecule has 0 amide bonds. The molecule has 236 valence electrons. The molecule has 0 aliphatic heterocycles. The summed E-state index contributed by atoms with van der Waals surface area (Å²) in [5.74, 6) is -1.48. The maximum atomic E-state index is 12.5. The maximum absolute atomic E-state index is 12.5. The van der Waals surface area contributed by atoms with Crippen LogP contribution in [0.3, 0.4) is 0 Å². The number of hydrogen-bond acceptors (Lipinski definition) is 6. The van der Waals surface area contributed by atoms with Crippen molar-refractivity contribution in [2.75, 3.05) is 41.0 Å². The quantitative estimate of drug-likeness (QED) is 0.0608. The van der Waals surface area contributed by atoms with Crippen LogP contribution in [0.1, 0.15) is 136 Å². The molecule has 0 aromatic rings. The molecule has 0 aromatic heterocycles. The van der Waals surface area contributed by atoms with Crippen molar-refractivity contribution in [3.05, 3.63) is 0 Å². The number of carboxylic acid groups (broad SMARTS) is 1. The van der Waals surface area contributed by atoms with Gasteiger partial charge < -0.3 is 23.8 Å². The number of carbonyl (C=O) groups is 3. The Morgan fingerprint density at radius 2 is 1.10 bits per heavy atom. The van der Waals surface area contributed by atoms with Gasteiger partial charge in [0.2, 0.25) is 0 Å². The van der Waals surface area contributed by atoms with Crippen LogP contribution in [0, 0.1) is 0 Å². The Morgan fingerprint density at radius 3 is 1.55 bits per heavy atom. The molecule has 0 aliphatic carbocycles. The SMILES string of the molecule is CCCCCCCCCCCCCC(=O)OC(COCCC(C(=O)O)[N+](C)(C)C)COC(=O)CCCCCCC. The molecule has 0 aliphatic rings. The van der Waals surface area contributed by atoms with Crippen LogP contribution in [0.2, 0.25) is 0 Å². The first-order valence-corrected chi connectivity index (χ1v) is 16.1. The summed E-state index contributed by atoms with van der Waals surface area (Å²) in [5, 5.41) is 9.50. The van der Waals surface area contributed by atoms with Crippen LogP contribution in [-0.2, 0) is 28.6 Å². The number of aliphatic carboxylic acids is 1. The van der Waals surface area contributed by atoms with E-state index in [9.17, 15) is 19.5 Å². The van der Waals surface area contributed by atoms with Crippen LogP contribution >= 0.6 is 0 Å². The highest BCUT2D eigenvalue weighted by Gasteiger charge is 2.31. The van der Waals surface area contributed by atoms with Gasteiger partial charge in [-0.25, -0.2) is 4.79 Å². The lowest BCUT2D eigenvalue weighted by Crippen LogP contribution is -2.50. The molecule has 2 unspecified atom stereocenters. The Morgan fingerprint density at radius 1 is 0.650 bits per heavy atom. The van der Waals surface area contributed by atoms with Crippen molar-refractivity contribution in [3.63, 3.8) is 0 Å². The first-order chi connectivity index (χ1) is 19.1. The second-order valence-electron chi connectivity index (χ2n) is 12.1. The normalized spacial score (nSPS) is 13.1. The summed E-state index contributed by atoms with van der Waals surface area (Å²) in [7, 11) is 5.50. The maximum Gasteiger partial charge on any atom is 0.362 e. The lowest BCUT2D eigenvalue weighted by Gasteiger charge is -2.31. The minimum Gasteiger partial charge on any atom is -0.477 e. The molecule has 40 heavy (non-hydrogen) atoms. The van der Waals surface area contributed by atoms with Crippen molar-refractivity contribution in [1.82, 2.24) is 0 Å². The number of quaternary nitrogens is 1. The number of carbonyl (C=O) groups excluding carboxylic acids is 2. The van der Waals surface area contributed by atoms with Crippen molar-refractivity contribution in [2.24, 2.45) is 0 Å². The molecule has 0 rings (SSSR count). The second kappa shape index (κ2) is 25.1. The molecule has 2 atom stereocenters. The van der Waals surface area contributed by atoms with E-state index in [2.05, 4.69) is 13.8 Å². The molecule has 0 aromatic carbocycles. The second-order valence-corrected chi connectivity index (χ2v) is 12.1. The summed E-state index contributed by atoms with van der Waals surface area (Å²) in [6.45, 7) is 4.62. The lowest BCUT2D eigenvalue weighted by atomic mass is 10.1. The molecular weight excluding hydrogens is 510 g/mol. The van der Waals surface area contributed by atoms with Crippen molar-refractivity contribution >= 4 is 17.9 Å². The summed E-state index contributed by atoms with van der Waals surface area (Å²) in [6, 6.07) is -0.604. The van der Waals surface area contributed by atoms with E-state index in [1.807, 2.05) is 21.1 Å². The molecule has 8 nitrogen and oxygen atoms in total. The number of nitrogens with zero attached hydrogens (tertiary/aromatic N) is 1. The smallest absolute Gasteiger partial charge is 0.362 e. The average Bonchev–Trinajstić information content (AvgIpc) is 2.88. The lowest BCUT2D eigenvalue weighted by molar-refractivity contribution is -0.887. The third kappa shape index (κ3) is 23.1. The highest BCUT2D eigenvalue weighted by Crippen LogP contribution is 2.13. The van der Waals surface area contributed by atoms with Crippen LogP contribution in [0.15, 0.2) is 0 Å². The van der Waals surface area contributed by atoms with Crippen molar-refractivity contribution in [3.8, 4) is 0 Å². The van der Waals surface area contributed by atoms with Gasteiger partial charge in [-0.2, -0.15) is 0 Å². The van der Waals surface area contributed by atoms with Crippen molar-refractivity contribution in [2.45, 2.75) is 148 Å². The molecule has 1 N–H and O–H groups in total. The fourth-order valence-electron chi connectivity index (χ4n) is 4.68. The van der Waals surface area contributed by atoms with Gasteiger partial charge in [-0.1, -0.05) is 104 Å². The standard InChI is InChI=1S/C32H61NO7/c1-6-8-10-12-13-14-15-16-17-19-21-23-31(35)40-28(27-39-30(34)22-20-18-11-9-7-2)26-38-25-24-29(32(36)37)33(3,4)5/h28-29H,6-27H2,1-5H3/p+1. The molecule has 0 heterocycles. The summed E-state index contributed by atoms with van der Waals surface area (Å²) in [4.78, 5) is 36.3. The zero-order chi connectivity index (χ0) is 30.1. The van der Waals surface area contributed by atoms with E-state index in [4.69, 9.17) is 14.2 Å². The third-order valence-corrected chi connectivity index (χ3v) is 7.26. The molecular formula is C32H62NO7+. The van der Waals surface area contributed by atoms with Crippen LogP contribution < -0.4 is 0 Å². The van der Waals surface area contributed by atoms with Crippen LogP contribution in [-0.4, -0.2) is 80.6 Å². The van der Waals surface area contributed by atoms with Gasteiger partial charge >= 0.3 is 17.9 Å². The average molecular weight is 573 g/mol. The summed E-state index contributed by atoms with van der Waals surface area (Å²) in [5.41, 5.74) is 0. The predicted molar refractivity (Wildman–Crippen MR) is 160 cm³/mol. The molecule has 0 saturated carbocycles. The summed E-state index contributed by atoms with van der Waals surface area (Å²) in [6.07, 6.45) is 18.9. The predicted octanol–water partition coefficient (Wildman–Crippen LogP) is 7.07. The highest BCUT2D eigenvalue weighted by molar-refractivity contribution is 5.72. The van der Waals surface area contributed by atoms with Gasteiger partial charge in [0.05, 0.1) is 34.4 Å². The van der Waals surface area contributed by atoms with Gasteiger partial charge in [0.25, 0.3) is 0 Å². The van der Waals surface area contributed by atoms with Crippen LogP contribution in [0.25, 0.3) is 0 Å². The Balaban J connectivity index is 4.44. The minimum atomic E-state index is -0.876. The molecule has 8 heteroatoms. The number of likely N-dealkylation sites (N-methyl/N-ethyl adjacent to an activating group) is 1. The zero-order valence-electron chi connectivity index (χ0n) is 26.6. The van der Waals surface area contributed by atoms with Gasteiger partial charge in [0.1, 0.15) is 6.61 Å². The van der Waals surface area contributed by atoms with Crippen molar-refractivity contribution < 1.29 is 38.2 Å². The van der Waals surface area contributed by atoms with Gasteiger partial charge in [-0.15, -0.1) is 0 Å². The molecule has 0 bridgehead atoms. The Kier molecular flexibility index (Phi) is 24.0. The zero-order valence-corrected chi connectivity index (χ0v) is 26.6. The molecule has 0 radical (unpaired) electrons. The number of hydrogen-bond donors (Lipinski definition) is 1. The number of ether oxygens (including phenoxy) is 3. The number of carboxylic acids is 1.